The third-order valence-corrected chi connectivity index (χ3v) is 5.20. The van der Waals surface area contributed by atoms with Gasteiger partial charge in [0.1, 0.15) is 10.5 Å². The first-order valence-corrected chi connectivity index (χ1v) is 9.60. The molecule has 0 aliphatic rings. The summed E-state index contributed by atoms with van der Waals surface area (Å²) in [5.74, 6) is 0.107. The third kappa shape index (κ3) is 4.33. The average Bonchev–Trinajstić information content (AvgIpc) is 2.61. The number of nitrogen functional groups attached to an aromatic ring is 1. The molecule has 5 nitrogen and oxygen atoms in total. The zero-order valence-electron chi connectivity index (χ0n) is 13.6. The monoisotopic (exact) mass is 461 g/mol. The summed E-state index contributed by atoms with van der Waals surface area (Å²) in [7, 11) is 0. The molecule has 0 saturated carbocycles. The van der Waals surface area contributed by atoms with Crippen LogP contribution in [0.1, 0.15) is 0 Å². The molecule has 140 valence electrons. The molecule has 0 fully saturated rings. The minimum atomic E-state index is -0.742. The second-order valence-corrected chi connectivity index (χ2v) is 8.01. The molecule has 27 heavy (non-hydrogen) atoms. The molecule has 3 aromatic rings. The first kappa shape index (κ1) is 20.2. The molecule has 10 heteroatoms. The first-order valence-electron chi connectivity index (χ1n) is 7.59. The van der Waals surface area contributed by atoms with Gasteiger partial charge < -0.3 is 5.73 Å². The molecule has 0 aliphatic heterocycles. The van der Waals surface area contributed by atoms with Crippen molar-refractivity contribution < 1.29 is 0 Å². The van der Waals surface area contributed by atoms with Gasteiger partial charge in [0.15, 0.2) is 5.82 Å². The predicted molar refractivity (Wildman–Crippen MR) is 112 cm³/mol. The van der Waals surface area contributed by atoms with Gasteiger partial charge in [0.05, 0.1) is 21.6 Å². The van der Waals surface area contributed by atoms with Gasteiger partial charge in [0, 0.05) is 5.56 Å². The van der Waals surface area contributed by atoms with E-state index in [0.717, 1.165) is 11.1 Å². The number of nitrogens with two attached hydrogens (primary N) is 1. The van der Waals surface area contributed by atoms with Crippen LogP contribution in [0.2, 0.25) is 15.1 Å². The lowest BCUT2D eigenvalue weighted by Crippen LogP contribution is -2.29. The number of anilines is 1. The lowest BCUT2D eigenvalue weighted by atomic mass is 9.97. The van der Waals surface area contributed by atoms with E-state index in [0.29, 0.717) is 21.3 Å². The Morgan fingerprint density at radius 3 is 2.22 bits per heavy atom. The summed E-state index contributed by atoms with van der Waals surface area (Å²) in [6.07, 6.45) is 0. The van der Waals surface area contributed by atoms with Crippen LogP contribution in [-0.2, 0) is 6.54 Å². The molecule has 1 aromatic heterocycles. The van der Waals surface area contributed by atoms with Crippen molar-refractivity contribution in [3.63, 3.8) is 0 Å². The van der Waals surface area contributed by atoms with Crippen molar-refractivity contribution in [1.82, 2.24) is 14.8 Å². The first-order chi connectivity index (χ1) is 12.8. The van der Waals surface area contributed by atoms with Crippen LogP contribution in [0.15, 0.2) is 36.4 Å². The van der Waals surface area contributed by atoms with E-state index >= 15 is 0 Å². The Labute approximate surface area is 180 Å². The van der Waals surface area contributed by atoms with Gasteiger partial charge in [-0.3, -0.25) is 5.41 Å². The van der Waals surface area contributed by atoms with E-state index in [1.54, 1.807) is 12.1 Å². The Morgan fingerprint density at radius 1 is 1.04 bits per heavy atom. The molecule has 0 atom stereocenters. The summed E-state index contributed by atoms with van der Waals surface area (Å²) in [6, 6.07) is 10.8. The highest BCUT2D eigenvalue weighted by molar-refractivity contribution is 6.48. The maximum absolute atomic E-state index is 7.90. The van der Waals surface area contributed by atoms with Crippen molar-refractivity contribution in [3.8, 4) is 22.4 Å². The van der Waals surface area contributed by atoms with Gasteiger partial charge in [-0.25, -0.2) is 4.68 Å². The fourth-order valence-corrected chi connectivity index (χ4v) is 3.40. The van der Waals surface area contributed by atoms with Gasteiger partial charge in [-0.2, -0.15) is 10.1 Å². The zero-order chi connectivity index (χ0) is 19.7. The number of nitrogens with zero attached hydrogens (tertiary/aromatic N) is 3. The predicted octanol–water partition coefficient (Wildman–Crippen LogP) is 5.44. The Morgan fingerprint density at radius 2 is 1.63 bits per heavy atom. The number of rotatable bonds is 4. The molecule has 0 amide bonds. The molecule has 0 saturated heterocycles. The molecule has 0 spiro atoms. The standard InChI is InChI=1S/C17H12Cl5N5/c18-11-5-8(6-12(19)14(11)22)9-3-1-2-4-10(9)15-16(23)25-17(24)27(26-15)7-13(20)21/h1-6,13H,7H2,(H3,23,24,25). The van der Waals surface area contributed by atoms with Crippen LogP contribution < -0.4 is 11.4 Å². The Balaban J connectivity index is 2.22. The van der Waals surface area contributed by atoms with Crippen LogP contribution in [0.5, 0.6) is 0 Å². The lowest BCUT2D eigenvalue weighted by Gasteiger charge is -2.14. The highest BCUT2D eigenvalue weighted by Crippen LogP contribution is 2.38. The maximum Gasteiger partial charge on any atom is 0.240 e. The molecular weight excluding hydrogens is 451 g/mol. The zero-order valence-corrected chi connectivity index (χ0v) is 17.3. The maximum atomic E-state index is 7.90. The number of nitrogens with one attached hydrogen (secondary N) is 1. The highest BCUT2D eigenvalue weighted by atomic mass is 35.5. The Hall–Kier alpha value is -1.50. The quantitative estimate of drug-likeness (QED) is 0.399. The van der Waals surface area contributed by atoms with E-state index in [2.05, 4.69) is 10.1 Å². The van der Waals surface area contributed by atoms with E-state index in [9.17, 15) is 0 Å². The number of hydrogen-bond donors (Lipinski definition) is 2. The second kappa shape index (κ2) is 8.25. The summed E-state index contributed by atoms with van der Waals surface area (Å²) >= 11 is 30.0. The van der Waals surface area contributed by atoms with Crippen molar-refractivity contribution in [1.29, 1.82) is 5.41 Å². The molecule has 0 unspecified atom stereocenters. The minimum Gasteiger partial charge on any atom is -0.382 e. The number of benzene rings is 2. The van der Waals surface area contributed by atoms with Gasteiger partial charge >= 0.3 is 0 Å². The van der Waals surface area contributed by atoms with Crippen molar-refractivity contribution in [2.24, 2.45) is 0 Å². The van der Waals surface area contributed by atoms with Crippen LogP contribution in [0, 0.1) is 5.41 Å². The fraction of sp³-hybridized carbons (Fsp3) is 0.118. The van der Waals surface area contributed by atoms with Gasteiger partial charge in [0.25, 0.3) is 0 Å². The van der Waals surface area contributed by atoms with E-state index < -0.39 is 4.84 Å². The van der Waals surface area contributed by atoms with Crippen molar-refractivity contribution in [3.05, 3.63) is 57.1 Å². The van der Waals surface area contributed by atoms with Crippen molar-refractivity contribution in [2.75, 3.05) is 5.73 Å². The molecule has 1 heterocycles. The minimum absolute atomic E-state index is 0.100. The fourth-order valence-electron chi connectivity index (χ4n) is 2.55. The number of hydrogen-bond acceptors (Lipinski definition) is 4. The number of alkyl halides is 2. The second-order valence-electron chi connectivity index (χ2n) is 5.54. The van der Waals surface area contributed by atoms with Gasteiger partial charge in [0.2, 0.25) is 5.62 Å². The molecule has 0 bridgehead atoms. The molecular formula is C17H12Cl5N5. The largest absolute Gasteiger partial charge is 0.382 e. The van der Waals surface area contributed by atoms with Crippen molar-refractivity contribution in [2.45, 2.75) is 11.4 Å². The molecule has 0 aliphatic carbocycles. The SMILES string of the molecule is N=c1nc(N)c(-c2ccccc2-c2cc(Cl)c(Cl)c(Cl)c2)nn1CC(Cl)Cl. The van der Waals surface area contributed by atoms with Gasteiger partial charge in [-0.05, 0) is 23.3 Å². The Bertz CT molecular complexity index is 1040. The number of aromatic nitrogens is 3. The van der Waals surface area contributed by atoms with Crippen molar-refractivity contribution >= 4 is 63.8 Å². The van der Waals surface area contributed by atoms with Crippen LogP contribution in [0.3, 0.4) is 0 Å². The van der Waals surface area contributed by atoms with Crippen LogP contribution in [0.25, 0.3) is 22.4 Å². The van der Waals surface area contributed by atoms with Crippen LogP contribution in [-0.4, -0.2) is 19.6 Å². The summed E-state index contributed by atoms with van der Waals surface area (Å²) in [5.41, 5.74) is 8.48. The topological polar surface area (TPSA) is 80.6 Å². The van der Waals surface area contributed by atoms with E-state index in [4.69, 9.17) is 69.1 Å². The van der Waals surface area contributed by atoms with E-state index in [1.807, 2.05) is 24.3 Å². The molecule has 2 aromatic carbocycles. The molecule has 3 N–H and O–H groups in total. The summed E-state index contributed by atoms with van der Waals surface area (Å²) in [4.78, 5) is 3.30. The van der Waals surface area contributed by atoms with Crippen LogP contribution in [0.4, 0.5) is 5.82 Å². The Kier molecular flexibility index (Phi) is 6.18. The van der Waals surface area contributed by atoms with E-state index in [-0.39, 0.29) is 23.0 Å². The van der Waals surface area contributed by atoms with Crippen LogP contribution >= 0.6 is 58.0 Å². The highest BCUT2D eigenvalue weighted by Gasteiger charge is 2.16. The van der Waals surface area contributed by atoms with Gasteiger partial charge in [-0.15, -0.1) is 23.2 Å². The summed E-state index contributed by atoms with van der Waals surface area (Å²) in [5, 5.41) is 13.3. The van der Waals surface area contributed by atoms with E-state index in [1.165, 1.54) is 4.68 Å². The average molecular weight is 464 g/mol. The molecule has 3 rings (SSSR count). The number of halogens is 5. The molecule has 0 radical (unpaired) electrons. The lowest BCUT2D eigenvalue weighted by molar-refractivity contribution is 0.568. The summed E-state index contributed by atoms with van der Waals surface area (Å²) < 4.78 is 1.29. The van der Waals surface area contributed by atoms with Gasteiger partial charge in [-0.1, -0.05) is 59.1 Å². The smallest absolute Gasteiger partial charge is 0.240 e. The third-order valence-electron chi connectivity index (χ3n) is 3.72. The summed E-state index contributed by atoms with van der Waals surface area (Å²) in [6.45, 7) is 0.100. The normalized spacial score (nSPS) is 11.2.